The molecule has 8 nitrogen and oxygen atoms in total. The minimum absolute atomic E-state index is 0.00754. The van der Waals surface area contributed by atoms with E-state index in [4.69, 9.17) is 38.4 Å². The van der Waals surface area contributed by atoms with E-state index in [-0.39, 0.29) is 11.7 Å². The fraction of sp³-hybridized carbons (Fsp3) is 0.316. The molecule has 0 spiro atoms. The second kappa shape index (κ2) is 10.8. The molecular formula is C19H23ClN4O4S. The van der Waals surface area contributed by atoms with Crippen molar-refractivity contribution in [2.75, 3.05) is 43.3 Å². The lowest BCUT2D eigenvalue weighted by atomic mass is 10.1. The molecule has 10 heteroatoms. The highest BCUT2D eigenvalue weighted by Gasteiger charge is 2.19. The Morgan fingerprint density at radius 3 is 2.66 bits per heavy atom. The van der Waals surface area contributed by atoms with Crippen molar-refractivity contribution < 1.29 is 19.4 Å². The van der Waals surface area contributed by atoms with E-state index in [1.54, 1.807) is 31.5 Å². The van der Waals surface area contributed by atoms with E-state index in [0.29, 0.717) is 46.5 Å². The van der Waals surface area contributed by atoms with Crippen molar-refractivity contribution in [2.45, 2.75) is 13.3 Å². The number of aryl methyl sites for hydroxylation is 1. The molecule has 1 aromatic carbocycles. The van der Waals surface area contributed by atoms with Gasteiger partial charge in [-0.3, -0.25) is 0 Å². The lowest BCUT2D eigenvalue weighted by Crippen LogP contribution is -2.22. The summed E-state index contributed by atoms with van der Waals surface area (Å²) in [5.74, 6) is -0.0265. The third kappa shape index (κ3) is 5.93. The Labute approximate surface area is 179 Å². The van der Waals surface area contributed by atoms with Crippen LogP contribution in [0.2, 0.25) is 5.02 Å². The molecule has 0 amide bonds. The van der Waals surface area contributed by atoms with Gasteiger partial charge in [-0.05, 0) is 43.3 Å². The number of thiocarbonyl (C=S) groups is 1. The zero-order valence-electron chi connectivity index (χ0n) is 16.3. The molecule has 0 unspecified atom stereocenters. The topological polar surface area (TPSA) is 105 Å². The standard InChI is InChI=1S/C19H23ClN4O4S/c1-11-9-15(27-2)22-10-14(11)23-19(29)24-17-13(20)6-5-12(18(26)28-3)16(17)21-7-4-8-25/h5-6,9-10,21,25H,4,7-8H2,1-3H3,(H2,23,24,29). The average molecular weight is 439 g/mol. The van der Waals surface area contributed by atoms with Gasteiger partial charge in [0.05, 0.1) is 48.1 Å². The van der Waals surface area contributed by atoms with E-state index < -0.39 is 5.97 Å². The number of hydrogen-bond acceptors (Lipinski definition) is 7. The van der Waals surface area contributed by atoms with Crippen molar-refractivity contribution in [3.8, 4) is 5.88 Å². The predicted octanol–water partition coefficient (Wildman–Crippen LogP) is 3.44. The number of carbonyl (C=O) groups excluding carboxylic acids is 1. The number of halogens is 1. The van der Waals surface area contributed by atoms with Crippen LogP contribution in [0, 0.1) is 6.92 Å². The number of aliphatic hydroxyl groups is 1. The van der Waals surface area contributed by atoms with Gasteiger partial charge in [-0.1, -0.05) is 11.6 Å². The normalized spacial score (nSPS) is 10.2. The van der Waals surface area contributed by atoms with E-state index in [0.717, 1.165) is 5.56 Å². The molecule has 0 bridgehead atoms. The summed E-state index contributed by atoms with van der Waals surface area (Å²) in [4.78, 5) is 16.3. The highest BCUT2D eigenvalue weighted by molar-refractivity contribution is 7.80. The Morgan fingerprint density at radius 1 is 1.28 bits per heavy atom. The molecule has 2 aromatic rings. The lowest BCUT2D eigenvalue weighted by Gasteiger charge is -2.19. The number of nitrogens with one attached hydrogen (secondary N) is 3. The summed E-state index contributed by atoms with van der Waals surface area (Å²) >= 11 is 11.8. The van der Waals surface area contributed by atoms with E-state index in [2.05, 4.69) is 20.9 Å². The maximum atomic E-state index is 12.2. The second-order valence-electron chi connectivity index (χ2n) is 5.96. The van der Waals surface area contributed by atoms with E-state index in [1.165, 1.54) is 7.11 Å². The molecule has 29 heavy (non-hydrogen) atoms. The Bertz CT molecular complexity index is 895. The summed E-state index contributed by atoms with van der Waals surface area (Å²) in [6, 6.07) is 4.92. The summed E-state index contributed by atoms with van der Waals surface area (Å²) in [7, 11) is 2.84. The molecule has 1 heterocycles. The summed E-state index contributed by atoms with van der Waals surface area (Å²) in [5, 5.41) is 18.9. The maximum absolute atomic E-state index is 12.2. The van der Waals surface area contributed by atoms with Gasteiger partial charge in [0.2, 0.25) is 5.88 Å². The first-order chi connectivity index (χ1) is 13.9. The minimum Gasteiger partial charge on any atom is -0.481 e. The van der Waals surface area contributed by atoms with Gasteiger partial charge >= 0.3 is 5.97 Å². The molecule has 0 aliphatic carbocycles. The minimum atomic E-state index is -0.523. The van der Waals surface area contributed by atoms with Gasteiger partial charge in [0.25, 0.3) is 0 Å². The smallest absolute Gasteiger partial charge is 0.340 e. The van der Waals surface area contributed by atoms with Crippen LogP contribution in [0.25, 0.3) is 0 Å². The van der Waals surface area contributed by atoms with Crippen LogP contribution in [0.1, 0.15) is 22.3 Å². The zero-order chi connectivity index (χ0) is 21.4. The van der Waals surface area contributed by atoms with Gasteiger partial charge < -0.3 is 30.5 Å². The fourth-order valence-electron chi connectivity index (χ4n) is 2.50. The molecule has 0 atom stereocenters. The Balaban J connectivity index is 2.29. The maximum Gasteiger partial charge on any atom is 0.340 e. The number of aliphatic hydroxyl groups excluding tert-OH is 1. The molecule has 0 aliphatic rings. The van der Waals surface area contributed by atoms with Crippen molar-refractivity contribution >= 4 is 52.0 Å². The van der Waals surface area contributed by atoms with E-state index in [9.17, 15) is 4.79 Å². The number of nitrogens with zero attached hydrogens (tertiary/aromatic N) is 1. The van der Waals surface area contributed by atoms with Crippen molar-refractivity contribution in [3.63, 3.8) is 0 Å². The van der Waals surface area contributed by atoms with Gasteiger partial charge in [0.15, 0.2) is 5.11 Å². The van der Waals surface area contributed by atoms with Crippen molar-refractivity contribution in [3.05, 3.63) is 40.5 Å². The molecular weight excluding hydrogens is 416 g/mol. The molecule has 0 fully saturated rings. The number of methoxy groups -OCH3 is 2. The predicted molar refractivity (Wildman–Crippen MR) is 118 cm³/mol. The highest BCUT2D eigenvalue weighted by atomic mass is 35.5. The van der Waals surface area contributed by atoms with Crippen molar-refractivity contribution in [2.24, 2.45) is 0 Å². The lowest BCUT2D eigenvalue weighted by molar-refractivity contribution is 0.0602. The first-order valence-electron chi connectivity index (χ1n) is 8.75. The van der Waals surface area contributed by atoms with Crippen LogP contribution < -0.4 is 20.7 Å². The van der Waals surface area contributed by atoms with Crippen LogP contribution in [-0.4, -0.2) is 48.5 Å². The van der Waals surface area contributed by atoms with Gasteiger partial charge in [0, 0.05) is 19.2 Å². The first-order valence-corrected chi connectivity index (χ1v) is 9.54. The molecule has 0 saturated heterocycles. The third-order valence-corrected chi connectivity index (χ3v) is 4.50. The summed E-state index contributed by atoms with van der Waals surface area (Å²) in [6.45, 7) is 2.33. The average Bonchev–Trinajstić information content (AvgIpc) is 2.71. The highest BCUT2D eigenvalue weighted by Crippen LogP contribution is 2.34. The quantitative estimate of drug-likeness (QED) is 0.280. The molecule has 156 valence electrons. The second-order valence-corrected chi connectivity index (χ2v) is 6.78. The van der Waals surface area contributed by atoms with Crippen LogP contribution in [0.5, 0.6) is 5.88 Å². The Kier molecular flexibility index (Phi) is 8.44. The summed E-state index contributed by atoms with van der Waals surface area (Å²) in [6.07, 6.45) is 2.10. The van der Waals surface area contributed by atoms with Gasteiger partial charge in [-0.2, -0.15) is 0 Å². The number of carbonyl (C=O) groups is 1. The number of aromatic nitrogens is 1. The number of benzene rings is 1. The van der Waals surface area contributed by atoms with Crippen LogP contribution in [0.4, 0.5) is 17.1 Å². The Hall–Kier alpha value is -2.62. The monoisotopic (exact) mass is 438 g/mol. The number of pyridine rings is 1. The largest absolute Gasteiger partial charge is 0.481 e. The number of ether oxygens (including phenoxy) is 2. The molecule has 2 rings (SSSR count). The zero-order valence-corrected chi connectivity index (χ0v) is 17.9. The first kappa shape index (κ1) is 22.7. The number of rotatable bonds is 8. The number of hydrogen-bond donors (Lipinski definition) is 4. The van der Waals surface area contributed by atoms with Crippen molar-refractivity contribution in [1.29, 1.82) is 0 Å². The summed E-state index contributed by atoms with van der Waals surface area (Å²) in [5.41, 5.74) is 2.73. The van der Waals surface area contributed by atoms with Crippen LogP contribution in [0.15, 0.2) is 24.4 Å². The van der Waals surface area contributed by atoms with Crippen LogP contribution in [0.3, 0.4) is 0 Å². The Morgan fingerprint density at radius 2 is 2.03 bits per heavy atom. The molecule has 0 aliphatic heterocycles. The SMILES string of the molecule is COC(=O)c1ccc(Cl)c(NC(=S)Nc2cnc(OC)cc2C)c1NCCCO. The van der Waals surface area contributed by atoms with Gasteiger partial charge in [-0.25, -0.2) is 9.78 Å². The molecule has 0 saturated carbocycles. The van der Waals surface area contributed by atoms with Crippen LogP contribution in [-0.2, 0) is 4.74 Å². The third-order valence-electron chi connectivity index (χ3n) is 3.98. The summed E-state index contributed by atoms with van der Waals surface area (Å²) < 4.78 is 9.95. The van der Waals surface area contributed by atoms with Gasteiger partial charge in [0.1, 0.15) is 0 Å². The van der Waals surface area contributed by atoms with Crippen LogP contribution >= 0.6 is 23.8 Å². The molecule has 4 N–H and O–H groups in total. The van der Waals surface area contributed by atoms with Crippen molar-refractivity contribution in [1.82, 2.24) is 4.98 Å². The van der Waals surface area contributed by atoms with E-state index >= 15 is 0 Å². The fourth-order valence-corrected chi connectivity index (χ4v) is 2.91. The number of esters is 1. The number of anilines is 3. The van der Waals surface area contributed by atoms with E-state index in [1.807, 2.05) is 6.92 Å². The van der Waals surface area contributed by atoms with Gasteiger partial charge in [-0.15, -0.1) is 0 Å². The molecule has 1 aromatic heterocycles. The molecule has 0 radical (unpaired) electrons.